The molecular formula is C10H7BrN2OS. The normalized spacial score (nSPS) is 19.1. The van der Waals surface area contributed by atoms with Gasteiger partial charge in [-0.2, -0.15) is 4.98 Å². The van der Waals surface area contributed by atoms with Crippen molar-refractivity contribution >= 4 is 27.7 Å². The third kappa shape index (κ3) is 1.70. The summed E-state index contributed by atoms with van der Waals surface area (Å²) < 4.78 is 5.67. The van der Waals surface area contributed by atoms with Gasteiger partial charge < -0.3 is 4.52 Å². The topological polar surface area (TPSA) is 38.9 Å². The van der Waals surface area contributed by atoms with Crippen LogP contribution in [0, 0.1) is 0 Å². The summed E-state index contributed by atoms with van der Waals surface area (Å²) in [6.45, 7) is 0. The highest BCUT2D eigenvalue weighted by molar-refractivity contribution is 9.10. The summed E-state index contributed by atoms with van der Waals surface area (Å²) in [5, 5.41) is 4.01. The van der Waals surface area contributed by atoms with Crippen LogP contribution in [0.1, 0.15) is 16.7 Å². The van der Waals surface area contributed by atoms with Crippen LogP contribution < -0.4 is 0 Å². The van der Waals surface area contributed by atoms with Gasteiger partial charge in [0.15, 0.2) is 0 Å². The van der Waals surface area contributed by atoms with Gasteiger partial charge in [0.05, 0.1) is 5.25 Å². The fourth-order valence-corrected chi connectivity index (χ4v) is 3.14. The summed E-state index contributed by atoms with van der Waals surface area (Å²) in [7, 11) is 0. The number of halogens is 1. The van der Waals surface area contributed by atoms with Gasteiger partial charge in [-0.05, 0) is 39.1 Å². The second-order valence-corrected chi connectivity index (χ2v) is 5.27. The van der Waals surface area contributed by atoms with Crippen LogP contribution in [0.4, 0.5) is 0 Å². The van der Waals surface area contributed by atoms with Crippen molar-refractivity contribution in [3.05, 3.63) is 40.5 Å². The van der Waals surface area contributed by atoms with E-state index in [1.165, 1.54) is 10.5 Å². The van der Waals surface area contributed by atoms with Crippen molar-refractivity contribution in [3.63, 3.8) is 0 Å². The van der Waals surface area contributed by atoms with Crippen LogP contribution in [-0.2, 0) is 6.42 Å². The van der Waals surface area contributed by atoms with E-state index in [9.17, 15) is 0 Å². The first-order chi connectivity index (χ1) is 7.33. The average Bonchev–Trinajstić information content (AvgIpc) is 2.82. The minimum Gasteiger partial charge on any atom is -0.337 e. The zero-order valence-electron chi connectivity index (χ0n) is 7.68. The van der Waals surface area contributed by atoms with E-state index in [1.807, 2.05) is 0 Å². The lowest BCUT2D eigenvalue weighted by Crippen LogP contribution is -1.91. The van der Waals surface area contributed by atoms with Crippen molar-refractivity contribution in [2.24, 2.45) is 0 Å². The molecule has 0 N–H and O–H groups in total. The molecule has 15 heavy (non-hydrogen) atoms. The van der Waals surface area contributed by atoms with Crippen LogP contribution in [0.2, 0.25) is 0 Å². The largest absolute Gasteiger partial charge is 0.337 e. The van der Waals surface area contributed by atoms with Gasteiger partial charge in [-0.3, -0.25) is 0 Å². The first-order valence-electron chi connectivity index (χ1n) is 4.56. The molecular weight excluding hydrogens is 276 g/mol. The molecule has 0 spiro atoms. The molecule has 1 aliphatic rings. The number of fused-ring (bicyclic) bond motifs is 1. The maximum absolute atomic E-state index is 5.15. The first kappa shape index (κ1) is 9.42. The van der Waals surface area contributed by atoms with Gasteiger partial charge in [0.1, 0.15) is 0 Å². The molecule has 0 bridgehead atoms. The number of aromatic nitrogens is 2. The Morgan fingerprint density at radius 2 is 2.27 bits per heavy atom. The quantitative estimate of drug-likeness (QED) is 0.805. The Labute approximate surface area is 99.4 Å². The minimum absolute atomic E-state index is 0.265. The average molecular weight is 283 g/mol. The highest BCUT2D eigenvalue weighted by Crippen LogP contribution is 2.45. The molecule has 0 saturated heterocycles. The van der Waals surface area contributed by atoms with E-state index in [4.69, 9.17) is 4.52 Å². The predicted octanol–water partition coefficient (Wildman–Crippen LogP) is 3.22. The molecule has 1 aromatic heterocycles. The Morgan fingerprint density at radius 3 is 3.00 bits per heavy atom. The monoisotopic (exact) mass is 282 g/mol. The van der Waals surface area contributed by atoms with E-state index < -0.39 is 0 Å². The van der Waals surface area contributed by atoms with E-state index in [2.05, 4.69) is 50.3 Å². The minimum atomic E-state index is 0.265. The first-order valence-corrected chi connectivity index (χ1v) is 6.24. The van der Waals surface area contributed by atoms with Crippen molar-refractivity contribution in [1.29, 1.82) is 0 Å². The lowest BCUT2D eigenvalue weighted by molar-refractivity contribution is 0.373. The molecule has 0 amide bonds. The summed E-state index contributed by atoms with van der Waals surface area (Å²) in [5.74, 6) is 0.697. The Kier molecular flexibility index (Phi) is 2.29. The van der Waals surface area contributed by atoms with Crippen molar-refractivity contribution in [1.82, 2.24) is 10.1 Å². The van der Waals surface area contributed by atoms with Crippen molar-refractivity contribution < 1.29 is 4.52 Å². The SMILES string of the molecule is Brc1noc(C2Cc3ccccc3S2)n1. The zero-order valence-corrected chi connectivity index (χ0v) is 10.1. The molecule has 2 heterocycles. The molecule has 1 atom stereocenters. The number of thioether (sulfide) groups is 1. The number of nitrogens with zero attached hydrogens (tertiary/aromatic N) is 2. The third-order valence-electron chi connectivity index (χ3n) is 2.34. The van der Waals surface area contributed by atoms with Gasteiger partial charge in [-0.1, -0.05) is 18.2 Å². The molecule has 2 aromatic rings. The summed E-state index contributed by atoms with van der Waals surface area (Å²) >= 11 is 4.97. The molecule has 3 rings (SSSR count). The highest BCUT2D eigenvalue weighted by atomic mass is 79.9. The van der Waals surface area contributed by atoms with Crippen LogP contribution in [0.5, 0.6) is 0 Å². The Balaban J connectivity index is 1.90. The van der Waals surface area contributed by atoms with Crippen LogP contribution >= 0.6 is 27.7 Å². The van der Waals surface area contributed by atoms with Crippen molar-refractivity contribution in [2.45, 2.75) is 16.6 Å². The molecule has 1 unspecified atom stereocenters. The lowest BCUT2D eigenvalue weighted by Gasteiger charge is -1.99. The van der Waals surface area contributed by atoms with E-state index in [0.29, 0.717) is 10.6 Å². The predicted molar refractivity (Wildman–Crippen MR) is 60.7 cm³/mol. The van der Waals surface area contributed by atoms with E-state index in [-0.39, 0.29) is 5.25 Å². The maximum Gasteiger partial charge on any atom is 0.241 e. The third-order valence-corrected chi connectivity index (χ3v) is 3.97. The summed E-state index contributed by atoms with van der Waals surface area (Å²) in [6, 6.07) is 8.39. The number of hydrogen-bond acceptors (Lipinski definition) is 4. The number of hydrogen-bond donors (Lipinski definition) is 0. The molecule has 1 aromatic carbocycles. The molecule has 3 nitrogen and oxygen atoms in total. The molecule has 76 valence electrons. The second-order valence-electron chi connectivity index (χ2n) is 3.32. The molecule has 0 aliphatic carbocycles. The standard InChI is InChI=1S/C10H7BrN2OS/c11-10-12-9(14-13-10)8-5-6-3-1-2-4-7(6)15-8/h1-4,8H,5H2. The fourth-order valence-electron chi connectivity index (χ4n) is 1.67. The molecule has 5 heteroatoms. The van der Waals surface area contributed by atoms with Gasteiger partial charge >= 0.3 is 0 Å². The smallest absolute Gasteiger partial charge is 0.241 e. The number of rotatable bonds is 1. The zero-order chi connectivity index (χ0) is 10.3. The fraction of sp³-hybridized carbons (Fsp3) is 0.200. The van der Waals surface area contributed by atoms with Crippen LogP contribution in [0.3, 0.4) is 0 Å². The molecule has 0 saturated carbocycles. The second kappa shape index (κ2) is 3.64. The highest BCUT2D eigenvalue weighted by Gasteiger charge is 2.27. The lowest BCUT2D eigenvalue weighted by atomic mass is 10.1. The summed E-state index contributed by atoms with van der Waals surface area (Å²) in [4.78, 5) is 5.51. The van der Waals surface area contributed by atoms with E-state index in [1.54, 1.807) is 11.8 Å². The van der Waals surface area contributed by atoms with Gasteiger partial charge in [-0.25, -0.2) is 0 Å². The molecule has 1 aliphatic heterocycles. The van der Waals surface area contributed by atoms with E-state index >= 15 is 0 Å². The Morgan fingerprint density at radius 1 is 1.40 bits per heavy atom. The van der Waals surface area contributed by atoms with Gasteiger partial charge in [0.2, 0.25) is 10.6 Å². The molecule has 0 fully saturated rings. The van der Waals surface area contributed by atoms with Crippen molar-refractivity contribution in [3.8, 4) is 0 Å². The maximum atomic E-state index is 5.15. The van der Waals surface area contributed by atoms with Crippen LogP contribution in [-0.4, -0.2) is 10.1 Å². The van der Waals surface area contributed by atoms with E-state index in [0.717, 1.165) is 6.42 Å². The van der Waals surface area contributed by atoms with Crippen LogP contribution in [0.15, 0.2) is 38.4 Å². The van der Waals surface area contributed by atoms with Gasteiger partial charge in [0, 0.05) is 4.90 Å². The summed E-state index contributed by atoms with van der Waals surface area (Å²) in [5.41, 5.74) is 1.36. The number of benzene rings is 1. The summed E-state index contributed by atoms with van der Waals surface area (Å²) in [6.07, 6.45) is 0.968. The van der Waals surface area contributed by atoms with Crippen LogP contribution in [0.25, 0.3) is 0 Å². The van der Waals surface area contributed by atoms with Crippen molar-refractivity contribution in [2.75, 3.05) is 0 Å². The Hall–Kier alpha value is -0.810. The Bertz CT molecular complexity index is 475. The van der Waals surface area contributed by atoms with Gasteiger partial charge in [0.25, 0.3) is 0 Å². The van der Waals surface area contributed by atoms with Gasteiger partial charge in [-0.15, -0.1) is 11.8 Å². The molecule has 0 radical (unpaired) electrons.